The van der Waals surface area contributed by atoms with Crippen LogP contribution in [0.1, 0.15) is 45.5 Å². The topological polar surface area (TPSA) is 134 Å². The van der Waals surface area contributed by atoms with Gasteiger partial charge in [-0.05, 0) is 47.7 Å². The van der Waals surface area contributed by atoms with Crippen molar-refractivity contribution in [3.63, 3.8) is 0 Å². The summed E-state index contributed by atoms with van der Waals surface area (Å²) in [6.07, 6.45) is 0.540. The Morgan fingerprint density at radius 1 is 1.16 bits per heavy atom. The van der Waals surface area contributed by atoms with E-state index in [0.29, 0.717) is 30.8 Å². The van der Waals surface area contributed by atoms with E-state index in [2.05, 4.69) is 16.0 Å². The fourth-order valence-electron chi connectivity index (χ4n) is 4.02. The Morgan fingerprint density at radius 2 is 1.94 bits per heavy atom. The van der Waals surface area contributed by atoms with E-state index in [9.17, 15) is 19.2 Å². The zero-order chi connectivity index (χ0) is 22.8. The van der Waals surface area contributed by atoms with Crippen LogP contribution in [-0.2, 0) is 29.2 Å². The predicted molar refractivity (Wildman–Crippen MR) is 117 cm³/mol. The molecular formula is C23H25N5O4. The zero-order valence-electron chi connectivity index (χ0n) is 17.7. The number of nitrogens with zero attached hydrogens (tertiary/aromatic N) is 1. The second-order valence-electron chi connectivity index (χ2n) is 8.05. The van der Waals surface area contributed by atoms with Crippen LogP contribution in [0.5, 0.6) is 0 Å². The molecule has 0 radical (unpaired) electrons. The van der Waals surface area contributed by atoms with Crippen molar-refractivity contribution in [3.8, 4) is 0 Å². The van der Waals surface area contributed by atoms with Gasteiger partial charge in [0, 0.05) is 37.3 Å². The van der Waals surface area contributed by atoms with Gasteiger partial charge in [-0.3, -0.25) is 19.7 Å². The highest BCUT2D eigenvalue weighted by molar-refractivity contribution is 6.05. The number of anilines is 1. The van der Waals surface area contributed by atoms with Crippen LogP contribution in [0.25, 0.3) is 0 Å². The van der Waals surface area contributed by atoms with E-state index in [4.69, 9.17) is 5.73 Å². The van der Waals surface area contributed by atoms with Gasteiger partial charge in [0.2, 0.25) is 11.8 Å². The summed E-state index contributed by atoms with van der Waals surface area (Å²) in [4.78, 5) is 50.2. The minimum Gasteiger partial charge on any atom is -0.334 e. The standard InChI is InChI=1S/C23H25N5O4/c1-13-2-3-14(10-24)9-18(13)26-23(32)25-11-15-4-5-17-16(8-15)12-28(22(17)31)19-6-7-20(29)27-21(19)30/h2-5,8-9,19H,6-7,10-12,24H2,1H3,(H2,25,26,32)(H,27,29,30). The number of rotatable bonds is 5. The smallest absolute Gasteiger partial charge is 0.319 e. The van der Waals surface area contributed by atoms with Gasteiger partial charge in [-0.15, -0.1) is 0 Å². The molecular weight excluding hydrogens is 410 g/mol. The monoisotopic (exact) mass is 435 g/mol. The Morgan fingerprint density at radius 3 is 2.69 bits per heavy atom. The quantitative estimate of drug-likeness (QED) is 0.529. The van der Waals surface area contributed by atoms with Gasteiger partial charge >= 0.3 is 6.03 Å². The molecule has 2 aromatic carbocycles. The molecule has 1 atom stereocenters. The zero-order valence-corrected chi connectivity index (χ0v) is 17.7. The van der Waals surface area contributed by atoms with Crippen LogP contribution in [0.15, 0.2) is 36.4 Å². The number of aryl methyl sites for hydroxylation is 1. The van der Waals surface area contributed by atoms with Crippen molar-refractivity contribution in [3.05, 3.63) is 64.2 Å². The van der Waals surface area contributed by atoms with Crippen molar-refractivity contribution in [2.45, 2.75) is 45.4 Å². The maximum Gasteiger partial charge on any atom is 0.319 e. The van der Waals surface area contributed by atoms with Crippen LogP contribution in [0.4, 0.5) is 10.5 Å². The molecule has 2 aliphatic heterocycles. The number of carbonyl (C=O) groups excluding carboxylic acids is 4. The number of piperidine rings is 1. The number of urea groups is 1. The van der Waals surface area contributed by atoms with Gasteiger partial charge in [0.15, 0.2) is 0 Å². The number of hydrogen-bond donors (Lipinski definition) is 4. The third kappa shape index (κ3) is 4.33. The first-order valence-corrected chi connectivity index (χ1v) is 10.5. The van der Waals surface area contributed by atoms with Crippen molar-refractivity contribution in [2.24, 2.45) is 5.73 Å². The van der Waals surface area contributed by atoms with Crippen LogP contribution in [0, 0.1) is 6.92 Å². The van der Waals surface area contributed by atoms with Gasteiger partial charge in [-0.2, -0.15) is 0 Å². The summed E-state index contributed by atoms with van der Waals surface area (Å²) in [7, 11) is 0. The molecule has 2 aromatic rings. The van der Waals surface area contributed by atoms with E-state index in [1.165, 1.54) is 4.90 Å². The lowest BCUT2D eigenvalue weighted by Gasteiger charge is -2.29. The lowest BCUT2D eigenvalue weighted by molar-refractivity contribution is -0.136. The minimum atomic E-state index is -0.646. The maximum atomic E-state index is 12.8. The SMILES string of the molecule is Cc1ccc(CN)cc1NC(=O)NCc1ccc2c(c1)CN(C1CCC(=O)NC1=O)C2=O. The molecule has 1 fully saturated rings. The van der Waals surface area contributed by atoms with Crippen LogP contribution >= 0.6 is 0 Å². The summed E-state index contributed by atoms with van der Waals surface area (Å²) >= 11 is 0. The Kier molecular flexibility index (Phi) is 5.91. The Hall–Kier alpha value is -3.72. The van der Waals surface area contributed by atoms with Gasteiger partial charge in [-0.1, -0.05) is 24.3 Å². The third-order valence-electron chi connectivity index (χ3n) is 5.83. The number of hydrogen-bond acceptors (Lipinski definition) is 5. The summed E-state index contributed by atoms with van der Waals surface area (Å²) in [6, 6.07) is 10.0. The fraction of sp³-hybridized carbons (Fsp3) is 0.304. The summed E-state index contributed by atoms with van der Waals surface area (Å²) in [5.41, 5.74) is 10.4. The Labute approximate surface area is 185 Å². The molecule has 0 saturated carbocycles. The third-order valence-corrected chi connectivity index (χ3v) is 5.83. The van der Waals surface area contributed by atoms with Crippen molar-refractivity contribution >= 4 is 29.4 Å². The number of fused-ring (bicyclic) bond motifs is 1. The summed E-state index contributed by atoms with van der Waals surface area (Å²) in [6.45, 7) is 2.87. The van der Waals surface area contributed by atoms with Gasteiger partial charge in [0.25, 0.3) is 5.91 Å². The van der Waals surface area contributed by atoms with E-state index in [1.54, 1.807) is 12.1 Å². The number of imide groups is 1. The van der Waals surface area contributed by atoms with Crippen LogP contribution in [0.3, 0.4) is 0 Å². The van der Waals surface area contributed by atoms with E-state index in [0.717, 1.165) is 22.3 Å². The highest BCUT2D eigenvalue weighted by atomic mass is 16.2. The lowest BCUT2D eigenvalue weighted by Crippen LogP contribution is -2.52. The molecule has 2 aliphatic rings. The molecule has 1 unspecified atom stereocenters. The molecule has 0 spiro atoms. The molecule has 0 aromatic heterocycles. The summed E-state index contributed by atoms with van der Waals surface area (Å²) in [5.74, 6) is -0.969. The molecule has 5 amide bonds. The molecule has 0 bridgehead atoms. The highest BCUT2D eigenvalue weighted by Gasteiger charge is 2.39. The number of nitrogens with two attached hydrogens (primary N) is 1. The van der Waals surface area contributed by atoms with Crippen LogP contribution in [0.2, 0.25) is 0 Å². The van der Waals surface area contributed by atoms with Crippen molar-refractivity contribution in [1.29, 1.82) is 0 Å². The van der Waals surface area contributed by atoms with Crippen LogP contribution < -0.4 is 21.7 Å². The molecule has 0 aliphatic carbocycles. The van der Waals surface area contributed by atoms with Crippen LogP contribution in [-0.4, -0.2) is 34.7 Å². The van der Waals surface area contributed by atoms with Crippen molar-refractivity contribution < 1.29 is 19.2 Å². The van der Waals surface area contributed by atoms with Gasteiger partial charge in [0.05, 0.1) is 0 Å². The first-order valence-electron chi connectivity index (χ1n) is 10.5. The second kappa shape index (κ2) is 8.80. The number of nitrogens with one attached hydrogen (secondary N) is 3. The number of carbonyl (C=O) groups is 4. The molecule has 5 N–H and O–H groups in total. The van der Waals surface area contributed by atoms with E-state index in [1.807, 2.05) is 31.2 Å². The lowest BCUT2D eigenvalue weighted by atomic mass is 10.0. The summed E-state index contributed by atoms with van der Waals surface area (Å²) < 4.78 is 0. The molecule has 32 heavy (non-hydrogen) atoms. The van der Waals surface area contributed by atoms with Crippen molar-refractivity contribution in [1.82, 2.24) is 15.5 Å². The minimum absolute atomic E-state index is 0.217. The maximum absolute atomic E-state index is 12.8. The van der Waals surface area contributed by atoms with Gasteiger partial charge < -0.3 is 21.3 Å². The normalized spacial score (nSPS) is 17.8. The molecule has 9 heteroatoms. The first-order chi connectivity index (χ1) is 15.4. The fourth-order valence-corrected chi connectivity index (χ4v) is 4.02. The van der Waals surface area contributed by atoms with E-state index >= 15 is 0 Å². The van der Waals surface area contributed by atoms with Crippen molar-refractivity contribution in [2.75, 3.05) is 5.32 Å². The molecule has 4 rings (SSSR count). The average molecular weight is 435 g/mol. The molecule has 9 nitrogen and oxygen atoms in total. The number of benzene rings is 2. The van der Waals surface area contributed by atoms with E-state index in [-0.39, 0.29) is 30.8 Å². The van der Waals surface area contributed by atoms with E-state index < -0.39 is 11.9 Å². The molecule has 2 heterocycles. The Balaban J connectivity index is 1.39. The van der Waals surface area contributed by atoms with Gasteiger partial charge in [-0.25, -0.2) is 4.79 Å². The first kappa shape index (κ1) is 21.5. The largest absolute Gasteiger partial charge is 0.334 e. The second-order valence-corrected chi connectivity index (χ2v) is 8.05. The average Bonchev–Trinajstić information content (AvgIpc) is 3.09. The molecule has 1 saturated heterocycles. The summed E-state index contributed by atoms with van der Waals surface area (Å²) in [5, 5.41) is 7.95. The molecule has 166 valence electrons. The highest BCUT2D eigenvalue weighted by Crippen LogP contribution is 2.28. The number of amides is 5. The predicted octanol–water partition coefficient (Wildman–Crippen LogP) is 1.54. The van der Waals surface area contributed by atoms with Gasteiger partial charge in [0.1, 0.15) is 6.04 Å². The Bertz CT molecular complexity index is 1110.